The highest BCUT2D eigenvalue weighted by Crippen LogP contribution is 2.24. The highest BCUT2D eigenvalue weighted by molar-refractivity contribution is 5.56. The molecular formula is C12H18N4O3. The van der Waals surface area contributed by atoms with Crippen molar-refractivity contribution < 1.29 is 9.66 Å². The van der Waals surface area contributed by atoms with Gasteiger partial charge in [0.2, 0.25) is 11.7 Å². The second-order valence-corrected chi connectivity index (χ2v) is 4.49. The summed E-state index contributed by atoms with van der Waals surface area (Å²) >= 11 is 0. The van der Waals surface area contributed by atoms with E-state index in [0.717, 1.165) is 19.4 Å². The normalized spacial score (nSPS) is 18.3. The van der Waals surface area contributed by atoms with Crippen LogP contribution in [0.15, 0.2) is 12.1 Å². The van der Waals surface area contributed by atoms with Gasteiger partial charge in [-0.25, -0.2) is 0 Å². The number of ether oxygens (including phenoxy) is 1. The zero-order valence-electron chi connectivity index (χ0n) is 10.9. The fraction of sp³-hybridized carbons (Fsp3) is 0.583. The highest BCUT2D eigenvalue weighted by Gasteiger charge is 2.17. The van der Waals surface area contributed by atoms with Crippen LogP contribution in [0.25, 0.3) is 0 Å². The van der Waals surface area contributed by atoms with Crippen LogP contribution in [0.3, 0.4) is 0 Å². The van der Waals surface area contributed by atoms with Gasteiger partial charge >= 0.3 is 5.69 Å². The van der Waals surface area contributed by atoms with E-state index in [-0.39, 0.29) is 11.5 Å². The first kappa shape index (κ1) is 13.5. The van der Waals surface area contributed by atoms with Gasteiger partial charge in [-0.15, -0.1) is 0 Å². The Morgan fingerprint density at radius 2 is 2.47 bits per heavy atom. The van der Waals surface area contributed by atoms with Crippen LogP contribution in [0, 0.1) is 10.1 Å². The maximum atomic E-state index is 10.9. The minimum atomic E-state index is -0.442. The van der Waals surface area contributed by atoms with Gasteiger partial charge in [0.25, 0.3) is 0 Å². The lowest BCUT2D eigenvalue weighted by Crippen LogP contribution is -2.24. The van der Waals surface area contributed by atoms with Crippen LogP contribution in [-0.4, -0.2) is 36.1 Å². The average Bonchev–Trinajstić information content (AvgIpc) is 2.91. The van der Waals surface area contributed by atoms with Crippen LogP contribution in [0.1, 0.15) is 19.3 Å². The molecule has 0 unspecified atom stereocenters. The minimum absolute atomic E-state index is 0.0276. The predicted octanol–water partition coefficient (Wildman–Crippen LogP) is 1.55. The zero-order chi connectivity index (χ0) is 13.7. The average molecular weight is 266 g/mol. The second-order valence-electron chi connectivity index (χ2n) is 4.49. The summed E-state index contributed by atoms with van der Waals surface area (Å²) in [6.45, 7) is 1.71. The third-order valence-electron chi connectivity index (χ3n) is 3.20. The Kier molecular flexibility index (Phi) is 4.51. The molecule has 1 aliphatic rings. The molecule has 7 nitrogen and oxygen atoms in total. The van der Waals surface area contributed by atoms with Gasteiger partial charge in [0, 0.05) is 24.7 Å². The molecule has 7 heteroatoms. The first-order chi connectivity index (χ1) is 9.20. The molecule has 1 aromatic heterocycles. The highest BCUT2D eigenvalue weighted by atomic mass is 16.6. The van der Waals surface area contributed by atoms with Crippen molar-refractivity contribution in [2.45, 2.75) is 25.3 Å². The molecule has 0 amide bonds. The molecule has 104 valence electrons. The molecule has 2 heterocycles. The van der Waals surface area contributed by atoms with Crippen LogP contribution in [0.4, 0.5) is 11.5 Å². The summed E-state index contributed by atoms with van der Waals surface area (Å²) in [6, 6.07) is 3.39. The summed E-state index contributed by atoms with van der Waals surface area (Å²) in [6.07, 6.45) is 3.29. The van der Waals surface area contributed by atoms with Gasteiger partial charge < -0.3 is 15.4 Å². The number of rotatable bonds is 6. The van der Waals surface area contributed by atoms with Crippen molar-refractivity contribution in [1.29, 1.82) is 0 Å². The monoisotopic (exact) mass is 266 g/mol. The Morgan fingerprint density at radius 3 is 3.11 bits per heavy atom. The lowest BCUT2D eigenvalue weighted by Gasteiger charge is -2.11. The topological polar surface area (TPSA) is 89.3 Å². The Morgan fingerprint density at radius 1 is 1.63 bits per heavy atom. The van der Waals surface area contributed by atoms with E-state index in [0.29, 0.717) is 18.5 Å². The van der Waals surface area contributed by atoms with Gasteiger partial charge in [-0.05, 0) is 25.8 Å². The number of hydrogen-bond acceptors (Lipinski definition) is 6. The Labute approximate surface area is 111 Å². The largest absolute Gasteiger partial charge is 0.481 e. The van der Waals surface area contributed by atoms with Gasteiger partial charge in [-0.3, -0.25) is 10.1 Å². The van der Waals surface area contributed by atoms with E-state index in [4.69, 9.17) is 4.74 Å². The maximum absolute atomic E-state index is 10.9. The molecule has 2 rings (SSSR count). The zero-order valence-corrected chi connectivity index (χ0v) is 10.9. The molecule has 1 aromatic rings. The van der Waals surface area contributed by atoms with Gasteiger partial charge in [-0.1, -0.05) is 0 Å². The molecule has 19 heavy (non-hydrogen) atoms. The first-order valence-corrected chi connectivity index (χ1v) is 6.37. The van der Waals surface area contributed by atoms with E-state index in [1.807, 2.05) is 0 Å². The maximum Gasteiger partial charge on any atom is 0.311 e. The molecule has 0 aromatic carbocycles. The molecule has 0 bridgehead atoms. The van der Waals surface area contributed by atoms with Crippen LogP contribution < -0.4 is 15.4 Å². The Balaban J connectivity index is 1.98. The third-order valence-corrected chi connectivity index (χ3v) is 3.20. The number of anilines is 1. The van der Waals surface area contributed by atoms with Crippen molar-refractivity contribution in [3.8, 4) is 5.88 Å². The van der Waals surface area contributed by atoms with Crippen molar-refractivity contribution in [3.05, 3.63) is 22.2 Å². The molecule has 0 aliphatic carbocycles. The van der Waals surface area contributed by atoms with Crippen LogP contribution in [0.2, 0.25) is 0 Å². The molecule has 1 saturated heterocycles. The van der Waals surface area contributed by atoms with E-state index in [1.54, 1.807) is 0 Å². The van der Waals surface area contributed by atoms with Crippen LogP contribution in [-0.2, 0) is 0 Å². The third kappa shape index (κ3) is 3.54. The van der Waals surface area contributed by atoms with Crippen molar-refractivity contribution in [2.75, 3.05) is 25.5 Å². The summed E-state index contributed by atoms with van der Waals surface area (Å²) in [5, 5.41) is 17.3. The summed E-state index contributed by atoms with van der Waals surface area (Å²) in [5.41, 5.74) is -0.0276. The van der Waals surface area contributed by atoms with Crippen LogP contribution >= 0.6 is 0 Å². The molecule has 1 atom stereocenters. The van der Waals surface area contributed by atoms with Gasteiger partial charge in [0.05, 0.1) is 12.0 Å². The molecular weight excluding hydrogens is 248 g/mol. The molecule has 0 radical (unpaired) electrons. The molecule has 0 saturated carbocycles. The van der Waals surface area contributed by atoms with Crippen molar-refractivity contribution in [3.63, 3.8) is 0 Å². The van der Waals surface area contributed by atoms with E-state index in [2.05, 4.69) is 15.6 Å². The predicted molar refractivity (Wildman–Crippen MR) is 71.6 cm³/mol. The smallest absolute Gasteiger partial charge is 0.311 e. The van der Waals surface area contributed by atoms with E-state index in [9.17, 15) is 10.1 Å². The van der Waals surface area contributed by atoms with E-state index >= 15 is 0 Å². The number of hydrogen-bond donors (Lipinski definition) is 2. The molecule has 1 aliphatic heterocycles. The fourth-order valence-corrected chi connectivity index (χ4v) is 2.19. The lowest BCUT2D eigenvalue weighted by molar-refractivity contribution is -0.384. The van der Waals surface area contributed by atoms with E-state index < -0.39 is 4.92 Å². The van der Waals surface area contributed by atoms with Crippen molar-refractivity contribution in [1.82, 2.24) is 10.3 Å². The number of aromatic nitrogens is 1. The first-order valence-electron chi connectivity index (χ1n) is 6.37. The van der Waals surface area contributed by atoms with Crippen molar-refractivity contribution in [2.24, 2.45) is 0 Å². The van der Waals surface area contributed by atoms with Gasteiger partial charge in [0.1, 0.15) is 0 Å². The fourth-order valence-electron chi connectivity index (χ4n) is 2.19. The summed E-state index contributed by atoms with van der Waals surface area (Å²) < 4.78 is 4.98. The minimum Gasteiger partial charge on any atom is -0.481 e. The summed E-state index contributed by atoms with van der Waals surface area (Å²) in [5.74, 6) is 0.634. The SMILES string of the molecule is COc1ccc([N+](=O)[O-])c(NCC[C@H]2CCCN2)n1. The number of pyridine rings is 1. The van der Waals surface area contributed by atoms with Gasteiger partial charge in [-0.2, -0.15) is 4.98 Å². The summed E-state index contributed by atoms with van der Waals surface area (Å²) in [7, 11) is 1.49. The Hall–Kier alpha value is -1.89. The number of nitrogens with zero attached hydrogens (tertiary/aromatic N) is 2. The lowest BCUT2D eigenvalue weighted by atomic mass is 10.1. The van der Waals surface area contributed by atoms with Gasteiger partial charge in [0.15, 0.2) is 0 Å². The van der Waals surface area contributed by atoms with Crippen LogP contribution in [0.5, 0.6) is 5.88 Å². The standard InChI is InChI=1S/C12H18N4O3/c1-19-11-5-4-10(16(17)18)12(15-11)14-8-6-9-3-2-7-13-9/h4-5,9,13H,2-3,6-8H2,1H3,(H,14,15)/t9-/m1/s1. The quantitative estimate of drug-likeness (QED) is 0.600. The van der Waals surface area contributed by atoms with Crippen molar-refractivity contribution >= 4 is 11.5 Å². The molecule has 0 spiro atoms. The second kappa shape index (κ2) is 6.33. The number of methoxy groups -OCH3 is 1. The number of nitro groups is 1. The Bertz CT molecular complexity index is 447. The number of nitrogens with one attached hydrogen (secondary N) is 2. The summed E-state index contributed by atoms with van der Waals surface area (Å²) in [4.78, 5) is 14.6. The molecule has 1 fully saturated rings. The van der Waals surface area contributed by atoms with E-state index in [1.165, 1.54) is 25.7 Å². The molecule has 2 N–H and O–H groups in total.